The van der Waals surface area contributed by atoms with E-state index in [1.165, 1.54) is 57.8 Å². The fraction of sp³-hybridized carbons (Fsp3) is 0.652. The Kier molecular flexibility index (Phi) is 5.82. The van der Waals surface area contributed by atoms with Gasteiger partial charge >= 0.3 is 0 Å². The van der Waals surface area contributed by atoms with E-state index in [0.29, 0.717) is 0 Å². The monoisotopic (exact) mass is 310 g/mol. The summed E-state index contributed by atoms with van der Waals surface area (Å²) in [4.78, 5) is 0. The lowest BCUT2D eigenvalue weighted by atomic mass is 9.68. The van der Waals surface area contributed by atoms with Gasteiger partial charge in [-0.05, 0) is 86.8 Å². The van der Waals surface area contributed by atoms with Gasteiger partial charge in [-0.25, -0.2) is 0 Å². The van der Waals surface area contributed by atoms with Crippen molar-refractivity contribution >= 4 is 0 Å². The molecule has 126 valence electrons. The first-order chi connectivity index (χ1) is 11.3. The lowest BCUT2D eigenvalue weighted by Crippen LogP contribution is -2.25. The minimum atomic E-state index is 0. The maximum absolute atomic E-state index is 3.15. The maximum atomic E-state index is 3.15. The van der Waals surface area contributed by atoms with Crippen LogP contribution in [0, 0.1) is 29.6 Å². The van der Waals surface area contributed by atoms with Crippen LogP contribution in [0.25, 0.3) is 0 Å². The summed E-state index contributed by atoms with van der Waals surface area (Å²) in [5.74, 6) is 10.0. The molecule has 0 atom stereocenters. The molecule has 0 saturated heterocycles. The van der Waals surface area contributed by atoms with Gasteiger partial charge in [-0.2, -0.15) is 0 Å². The van der Waals surface area contributed by atoms with Crippen molar-refractivity contribution in [3.8, 4) is 11.8 Å². The predicted molar refractivity (Wildman–Crippen MR) is 102 cm³/mol. The van der Waals surface area contributed by atoms with Crippen molar-refractivity contribution in [2.75, 3.05) is 0 Å². The molecule has 0 bridgehead atoms. The summed E-state index contributed by atoms with van der Waals surface area (Å²) in [6, 6.07) is 9.03. The average molecular weight is 311 g/mol. The van der Waals surface area contributed by atoms with Crippen molar-refractivity contribution in [1.29, 1.82) is 0 Å². The number of hydrogen-bond donors (Lipinski definition) is 0. The highest BCUT2D eigenvalue weighted by molar-refractivity contribution is 5.36. The summed E-state index contributed by atoms with van der Waals surface area (Å²) in [5.41, 5.74) is 2.69. The van der Waals surface area contributed by atoms with E-state index in [4.69, 9.17) is 0 Å². The van der Waals surface area contributed by atoms with Gasteiger partial charge < -0.3 is 0 Å². The molecule has 2 saturated carbocycles. The molecule has 2 fully saturated rings. The van der Waals surface area contributed by atoms with Crippen LogP contribution in [-0.4, -0.2) is 0 Å². The standard InChI is InChI=1S/C23H32.H2/c1-3-5-19-8-12-21(13-9-19)23-16-14-22(15-17-23)20-10-6-18(4-2)7-11-20;/h8-9,12-13,18,20,22-23H,4,6-7,10-11,14-17H2,1-2H3;1H. The van der Waals surface area contributed by atoms with Crippen LogP contribution in [0.2, 0.25) is 0 Å². The molecule has 0 radical (unpaired) electrons. The maximum Gasteiger partial charge on any atom is 0.0245 e. The van der Waals surface area contributed by atoms with E-state index in [-0.39, 0.29) is 1.43 Å². The molecule has 1 aromatic rings. The predicted octanol–water partition coefficient (Wildman–Crippen LogP) is 6.79. The number of rotatable bonds is 3. The molecule has 0 aliphatic heterocycles. The zero-order chi connectivity index (χ0) is 16.1. The third-order valence-electron chi connectivity index (χ3n) is 6.56. The van der Waals surface area contributed by atoms with E-state index in [1.54, 1.807) is 5.56 Å². The van der Waals surface area contributed by atoms with Crippen LogP contribution >= 0.6 is 0 Å². The first-order valence-electron chi connectivity index (χ1n) is 9.82. The largest absolute Gasteiger partial charge is 0.101 e. The van der Waals surface area contributed by atoms with Gasteiger partial charge in [-0.1, -0.05) is 44.2 Å². The van der Waals surface area contributed by atoms with E-state index in [2.05, 4.69) is 43.0 Å². The molecule has 0 heteroatoms. The van der Waals surface area contributed by atoms with Crippen molar-refractivity contribution in [1.82, 2.24) is 0 Å². The number of benzene rings is 1. The molecule has 2 aliphatic carbocycles. The van der Waals surface area contributed by atoms with Gasteiger partial charge in [-0.3, -0.25) is 0 Å². The Bertz CT molecular complexity index is 532. The van der Waals surface area contributed by atoms with Crippen molar-refractivity contribution in [3.63, 3.8) is 0 Å². The third kappa shape index (κ3) is 4.20. The van der Waals surface area contributed by atoms with Crippen molar-refractivity contribution in [3.05, 3.63) is 35.4 Å². The van der Waals surface area contributed by atoms with E-state index < -0.39 is 0 Å². The Morgan fingerprint density at radius 1 is 0.870 bits per heavy atom. The van der Waals surface area contributed by atoms with E-state index in [1.807, 2.05) is 6.92 Å². The Hall–Kier alpha value is -1.22. The molecule has 0 heterocycles. The Balaban J connectivity index is 0.00000208. The summed E-state index contributed by atoms with van der Waals surface area (Å²) in [5, 5.41) is 0. The smallest absolute Gasteiger partial charge is 0.0245 e. The Morgan fingerprint density at radius 3 is 1.96 bits per heavy atom. The summed E-state index contributed by atoms with van der Waals surface area (Å²) in [7, 11) is 0. The molecular weight excluding hydrogens is 276 g/mol. The van der Waals surface area contributed by atoms with Crippen LogP contribution < -0.4 is 0 Å². The van der Waals surface area contributed by atoms with Gasteiger partial charge in [-0.15, -0.1) is 5.92 Å². The molecule has 1 aromatic carbocycles. The second-order valence-electron chi connectivity index (χ2n) is 7.80. The Morgan fingerprint density at radius 2 is 1.43 bits per heavy atom. The average Bonchev–Trinajstić information content (AvgIpc) is 2.63. The Labute approximate surface area is 144 Å². The van der Waals surface area contributed by atoms with E-state index >= 15 is 0 Å². The second-order valence-corrected chi connectivity index (χ2v) is 7.80. The van der Waals surface area contributed by atoms with Crippen LogP contribution in [0.5, 0.6) is 0 Å². The summed E-state index contributed by atoms with van der Waals surface area (Å²) in [6.07, 6.45) is 13.1. The van der Waals surface area contributed by atoms with Crippen LogP contribution in [-0.2, 0) is 0 Å². The van der Waals surface area contributed by atoms with E-state index in [0.717, 1.165) is 29.2 Å². The molecule has 0 unspecified atom stereocenters. The minimum Gasteiger partial charge on any atom is -0.101 e. The topological polar surface area (TPSA) is 0 Å². The SMILES string of the molecule is CC#Cc1ccc(C2CCC(C3CCC(CC)CC3)CC2)cc1.[HH]. The second kappa shape index (κ2) is 8.05. The van der Waals surface area contributed by atoms with Gasteiger partial charge in [0.05, 0.1) is 0 Å². The first-order valence-corrected chi connectivity index (χ1v) is 9.82. The zero-order valence-corrected chi connectivity index (χ0v) is 15.0. The quantitative estimate of drug-likeness (QED) is 0.539. The molecule has 0 nitrogen and oxygen atoms in total. The molecule has 0 amide bonds. The fourth-order valence-corrected chi connectivity index (χ4v) is 4.97. The molecular formula is C23H34. The molecule has 0 N–H and O–H groups in total. The van der Waals surface area contributed by atoms with Crippen LogP contribution in [0.4, 0.5) is 0 Å². The molecule has 0 aromatic heterocycles. The lowest BCUT2D eigenvalue weighted by Gasteiger charge is -2.38. The van der Waals surface area contributed by atoms with Gasteiger partial charge in [0.25, 0.3) is 0 Å². The van der Waals surface area contributed by atoms with Crippen LogP contribution in [0.15, 0.2) is 24.3 Å². The fourth-order valence-electron chi connectivity index (χ4n) is 4.97. The molecule has 0 spiro atoms. The highest BCUT2D eigenvalue weighted by atomic mass is 14.4. The van der Waals surface area contributed by atoms with Crippen molar-refractivity contribution in [2.45, 2.75) is 77.6 Å². The van der Waals surface area contributed by atoms with Gasteiger partial charge in [0.15, 0.2) is 0 Å². The van der Waals surface area contributed by atoms with Crippen molar-refractivity contribution in [2.24, 2.45) is 17.8 Å². The van der Waals surface area contributed by atoms with Gasteiger partial charge in [0, 0.05) is 6.99 Å². The van der Waals surface area contributed by atoms with Gasteiger partial charge in [0.1, 0.15) is 0 Å². The third-order valence-corrected chi connectivity index (χ3v) is 6.56. The normalized spacial score (nSPS) is 31.2. The first kappa shape index (κ1) is 16.6. The van der Waals surface area contributed by atoms with Gasteiger partial charge in [0.2, 0.25) is 0 Å². The molecule has 2 aliphatic rings. The van der Waals surface area contributed by atoms with Crippen LogP contribution in [0.1, 0.15) is 90.1 Å². The highest BCUT2D eigenvalue weighted by Crippen LogP contribution is 2.44. The molecule has 3 rings (SSSR count). The van der Waals surface area contributed by atoms with E-state index in [9.17, 15) is 0 Å². The molecule has 23 heavy (non-hydrogen) atoms. The lowest BCUT2D eigenvalue weighted by molar-refractivity contribution is 0.158. The minimum absolute atomic E-state index is 0. The van der Waals surface area contributed by atoms with Crippen molar-refractivity contribution < 1.29 is 1.43 Å². The zero-order valence-electron chi connectivity index (χ0n) is 15.0. The van der Waals surface area contributed by atoms with Crippen LogP contribution in [0.3, 0.4) is 0 Å². The summed E-state index contributed by atoms with van der Waals surface area (Å²) in [6.45, 7) is 4.27. The number of hydrogen-bond acceptors (Lipinski definition) is 0. The highest BCUT2D eigenvalue weighted by Gasteiger charge is 2.30. The summed E-state index contributed by atoms with van der Waals surface area (Å²) < 4.78 is 0. The summed E-state index contributed by atoms with van der Waals surface area (Å²) >= 11 is 0.